The molecule has 3 amide bonds. The number of pyridine rings is 1. The maximum absolute atomic E-state index is 13.6. The summed E-state index contributed by atoms with van der Waals surface area (Å²) in [5.41, 5.74) is 2.83. The molecule has 3 aliphatic rings. The first-order valence-corrected chi connectivity index (χ1v) is 20.1. The van der Waals surface area contributed by atoms with Crippen molar-refractivity contribution in [3.05, 3.63) is 76.1 Å². The van der Waals surface area contributed by atoms with Crippen molar-refractivity contribution < 1.29 is 32.3 Å². The van der Waals surface area contributed by atoms with E-state index < -0.39 is 29.7 Å². The Labute approximate surface area is 338 Å². The number of carbonyl (C=O) groups is 3. The number of anilines is 2. The molecular weight excluding hydrogens is 768 g/mol. The van der Waals surface area contributed by atoms with Crippen LogP contribution in [0.5, 0.6) is 5.75 Å². The number of aromatic nitrogens is 5. The Bertz CT molecular complexity index is 2490. The van der Waals surface area contributed by atoms with E-state index in [-0.39, 0.29) is 29.8 Å². The fourth-order valence-corrected chi connectivity index (χ4v) is 9.29. The number of hydrogen-bond donors (Lipinski definition) is 2. The van der Waals surface area contributed by atoms with Crippen LogP contribution in [0.2, 0.25) is 0 Å². The van der Waals surface area contributed by atoms with Crippen LogP contribution in [0.4, 0.5) is 24.5 Å². The van der Waals surface area contributed by atoms with E-state index in [1.54, 1.807) is 28.3 Å². The number of halogens is 3. The van der Waals surface area contributed by atoms with Crippen molar-refractivity contribution in [2.75, 3.05) is 44.0 Å². The fourth-order valence-electron chi connectivity index (χ4n) is 9.29. The molecule has 8 rings (SSSR count). The Morgan fingerprint density at radius 1 is 1.02 bits per heavy atom. The molecular formula is C42H48F3N9O5. The molecule has 5 heterocycles. The van der Waals surface area contributed by atoms with Gasteiger partial charge in [-0.05, 0) is 94.7 Å². The molecule has 2 aromatic carbocycles. The third-order valence-corrected chi connectivity index (χ3v) is 12.4. The van der Waals surface area contributed by atoms with Crippen LogP contribution in [0.15, 0.2) is 53.5 Å². The number of aryl methyl sites for hydroxylation is 2. The van der Waals surface area contributed by atoms with E-state index in [1.165, 1.54) is 13.2 Å². The molecule has 14 nitrogen and oxygen atoms in total. The predicted molar refractivity (Wildman–Crippen MR) is 216 cm³/mol. The molecule has 0 spiro atoms. The van der Waals surface area contributed by atoms with Crippen molar-refractivity contribution in [1.29, 1.82) is 0 Å². The van der Waals surface area contributed by atoms with Crippen molar-refractivity contribution in [3.8, 4) is 5.75 Å². The van der Waals surface area contributed by atoms with Crippen molar-refractivity contribution in [3.63, 3.8) is 0 Å². The Balaban J connectivity index is 0.876. The van der Waals surface area contributed by atoms with E-state index in [4.69, 9.17) is 9.84 Å². The number of ether oxygens (including phenoxy) is 1. The average Bonchev–Trinajstić information content (AvgIpc) is 3.74. The van der Waals surface area contributed by atoms with Gasteiger partial charge in [-0.2, -0.15) is 18.3 Å². The van der Waals surface area contributed by atoms with Crippen LogP contribution in [0.3, 0.4) is 0 Å². The summed E-state index contributed by atoms with van der Waals surface area (Å²) in [4.78, 5) is 59.5. The highest BCUT2D eigenvalue weighted by Crippen LogP contribution is 2.38. The quantitative estimate of drug-likeness (QED) is 0.172. The van der Waals surface area contributed by atoms with Crippen LogP contribution in [-0.2, 0) is 22.8 Å². The number of hydrogen-bond acceptors (Lipinski definition) is 9. The minimum absolute atomic E-state index is 0.196. The second kappa shape index (κ2) is 15.8. The Morgan fingerprint density at radius 2 is 1.76 bits per heavy atom. The summed E-state index contributed by atoms with van der Waals surface area (Å²) in [6, 6.07) is 10.5. The minimum atomic E-state index is -4.67. The molecule has 1 saturated carbocycles. The number of nitrogens with zero attached hydrogens (tertiary/aromatic N) is 7. The highest BCUT2D eigenvalue weighted by atomic mass is 19.4. The fraction of sp³-hybridized carbons (Fsp3) is 0.476. The molecule has 1 aliphatic carbocycles. The molecule has 17 heteroatoms. The number of piperidine rings is 2. The molecule has 0 bridgehead atoms. The van der Waals surface area contributed by atoms with Gasteiger partial charge in [0.1, 0.15) is 23.2 Å². The topological polar surface area (TPSA) is 149 Å². The van der Waals surface area contributed by atoms with Gasteiger partial charge in [-0.15, -0.1) is 0 Å². The van der Waals surface area contributed by atoms with E-state index in [9.17, 15) is 32.3 Å². The Morgan fingerprint density at radius 3 is 2.46 bits per heavy atom. The van der Waals surface area contributed by atoms with Gasteiger partial charge in [-0.3, -0.25) is 33.5 Å². The first-order valence-electron chi connectivity index (χ1n) is 20.1. The summed E-state index contributed by atoms with van der Waals surface area (Å²) < 4.78 is 50.3. The van der Waals surface area contributed by atoms with E-state index in [0.717, 1.165) is 92.4 Å². The number of imide groups is 1. The summed E-state index contributed by atoms with van der Waals surface area (Å²) in [5.74, 6) is -0.655. The Kier molecular flexibility index (Phi) is 10.7. The first-order chi connectivity index (χ1) is 28.2. The number of alkyl halides is 3. The lowest BCUT2D eigenvalue weighted by Gasteiger charge is -2.40. The van der Waals surface area contributed by atoms with Crippen LogP contribution < -0.4 is 26.0 Å². The number of nitrogens with one attached hydrogen (secondary N) is 2. The summed E-state index contributed by atoms with van der Waals surface area (Å²) in [6.07, 6.45) is 3.76. The van der Waals surface area contributed by atoms with E-state index >= 15 is 0 Å². The van der Waals surface area contributed by atoms with Crippen molar-refractivity contribution >= 4 is 51.0 Å². The van der Waals surface area contributed by atoms with Crippen LogP contribution in [0.1, 0.15) is 85.2 Å². The van der Waals surface area contributed by atoms with E-state index in [2.05, 4.69) is 39.4 Å². The zero-order valence-corrected chi connectivity index (χ0v) is 33.5. The van der Waals surface area contributed by atoms with Crippen molar-refractivity contribution in [2.24, 2.45) is 13.0 Å². The molecule has 2 saturated heterocycles. The van der Waals surface area contributed by atoms with Gasteiger partial charge in [0.25, 0.3) is 5.91 Å². The number of amides is 3. The number of methoxy groups -OCH3 is 1. The van der Waals surface area contributed by atoms with Crippen LogP contribution in [0, 0.1) is 12.8 Å². The van der Waals surface area contributed by atoms with Gasteiger partial charge in [-0.1, -0.05) is 12.1 Å². The number of carbonyl (C=O) groups excluding carboxylic acids is 3. The molecule has 1 atom stereocenters. The maximum atomic E-state index is 13.6. The standard InChI is InChI=1S/C42H48F3N9O5/c1-24-8-13-32-38(51(3)41(58)54(32)33-14-15-36(55)48-40(33)57)37(24)52-18-16-27(17-19-52)50(2)22-25-9-11-28(12-10-25)53-23-26-20-31(34(59-4)21-30(26)49-53)47-39(56)29-6-5-7-35(46-29)42(43,44)45/h5-8,13,20-21,23,25,27-28,33H,9-12,14-19,22H2,1-4H3,(H,47,56)(H,48,55,57). The number of rotatable bonds is 9. The molecule has 2 aliphatic heterocycles. The van der Waals surface area contributed by atoms with Gasteiger partial charge < -0.3 is 19.9 Å². The number of imidazole rings is 1. The maximum Gasteiger partial charge on any atom is 0.433 e. The van der Waals surface area contributed by atoms with Gasteiger partial charge in [0, 0.05) is 56.8 Å². The highest BCUT2D eigenvalue weighted by Gasteiger charge is 2.35. The van der Waals surface area contributed by atoms with Gasteiger partial charge in [0.05, 0.1) is 41.1 Å². The zero-order valence-electron chi connectivity index (χ0n) is 33.5. The second-order valence-electron chi connectivity index (χ2n) is 16.2. The lowest BCUT2D eigenvalue weighted by atomic mass is 9.85. The second-order valence-corrected chi connectivity index (χ2v) is 16.2. The van der Waals surface area contributed by atoms with Gasteiger partial charge >= 0.3 is 11.9 Å². The van der Waals surface area contributed by atoms with Gasteiger partial charge in [0.15, 0.2) is 0 Å². The SMILES string of the molecule is COc1cc2nn(C3CCC(CN(C)C4CCN(c5c(C)ccc6c5n(C)c(=O)n6C5CCC(=O)NC5=O)CC4)CC3)cc2cc1NC(=O)c1cccc(C(F)(F)F)n1. The molecule has 5 aromatic rings. The molecule has 0 radical (unpaired) electrons. The smallest absolute Gasteiger partial charge is 0.433 e. The first kappa shape index (κ1) is 40.1. The van der Waals surface area contributed by atoms with Gasteiger partial charge in [0.2, 0.25) is 11.8 Å². The van der Waals surface area contributed by atoms with Crippen molar-refractivity contribution in [1.82, 2.24) is 34.1 Å². The normalized spacial score (nSPS) is 20.7. The third kappa shape index (κ3) is 7.79. The van der Waals surface area contributed by atoms with E-state index in [0.29, 0.717) is 40.9 Å². The largest absolute Gasteiger partial charge is 0.494 e. The zero-order chi connectivity index (χ0) is 41.7. The summed E-state index contributed by atoms with van der Waals surface area (Å²) in [6.45, 7) is 4.73. The molecule has 312 valence electrons. The summed E-state index contributed by atoms with van der Waals surface area (Å²) in [5, 5.41) is 10.7. The lowest BCUT2D eigenvalue weighted by molar-refractivity contribution is -0.141. The summed E-state index contributed by atoms with van der Waals surface area (Å²) >= 11 is 0. The monoisotopic (exact) mass is 815 g/mol. The Hall–Kier alpha value is -5.71. The third-order valence-electron chi connectivity index (χ3n) is 12.4. The van der Waals surface area contributed by atoms with Gasteiger partial charge in [-0.25, -0.2) is 9.78 Å². The van der Waals surface area contributed by atoms with Crippen LogP contribution >= 0.6 is 0 Å². The van der Waals surface area contributed by atoms with Crippen molar-refractivity contribution in [2.45, 2.75) is 82.6 Å². The lowest BCUT2D eigenvalue weighted by Crippen LogP contribution is -2.45. The number of fused-ring (bicyclic) bond motifs is 2. The molecule has 1 unspecified atom stereocenters. The highest BCUT2D eigenvalue weighted by molar-refractivity contribution is 6.05. The molecule has 2 N–H and O–H groups in total. The van der Waals surface area contributed by atoms with Crippen LogP contribution in [0.25, 0.3) is 21.9 Å². The van der Waals surface area contributed by atoms with Crippen LogP contribution in [-0.4, -0.2) is 86.4 Å². The number of benzene rings is 2. The van der Waals surface area contributed by atoms with E-state index in [1.807, 2.05) is 23.0 Å². The summed E-state index contributed by atoms with van der Waals surface area (Å²) in [7, 11) is 5.42. The molecule has 3 fully saturated rings. The average molecular weight is 816 g/mol. The minimum Gasteiger partial charge on any atom is -0.494 e. The molecule has 3 aromatic heterocycles. The predicted octanol–water partition coefficient (Wildman–Crippen LogP) is 5.98. The molecule has 59 heavy (non-hydrogen) atoms.